The topological polar surface area (TPSA) is 144 Å². The Balaban J connectivity index is 1.25. The number of halogens is 2. The number of aromatic nitrogens is 4. The number of amides is 1. The van der Waals surface area contributed by atoms with Gasteiger partial charge in [0.25, 0.3) is 10.0 Å². The predicted molar refractivity (Wildman–Crippen MR) is 161 cm³/mol. The van der Waals surface area contributed by atoms with Gasteiger partial charge in [0.2, 0.25) is 17.7 Å². The lowest BCUT2D eigenvalue weighted by Crippen LogP contribution is -2.48. The highest BCUT2D eigenvalue weighted by Gasteiger charge is 2.24. The molecule has 0 bridgehead atoms. The second kappa shape index (κ2) is 12.3. The van der Waals surface area contributed by atoms with Crippen molar-refractivity contribution in [1.82, 2.24) is 24.8 Å². The molecular formula is C30H25F2N7O5S. The van der Waals surface area contributed by atoms with E-state index in [2.05, 4.69) is 29.6 Å². The Kier molecular flexibility index (Phi) is 8.08. The van der Waals surface area contributed by atoms with Crippen molar-refractivity contribution >= 4 is 44.4 Å². The summed E-state index contributed by atoms with van der Waals surface area (Å²) in [6.07, 6.45) is 8.88. The van der Waals surface area contributed by atoms with Gasteiger partial charge in [-0.15, -0.1) is 0 Å². The van der Waals surface area contributed by atoms with E-state index in [0.717, 1.165) is 17.5 Å². The van der Waals surface area contributed by atoms with E-state index in [1.165, 1.54) is 50.3 Å². The third-order valence-electron chi connectivity index (χ3n) is 7.13. The first kappa shape index (κ1) is 29.6. The number of carbonyl (C=O) groups is 1. The van der Waals surface area contributed by atoms with Gasteiger partial charge in [-0.1, -0.05) is 6.07 Å². The molecule has 1 amide bonds. The Hall–Kier alpha value is -5.44. The van der Waals surface area contributed by atoms with Crippen molar-refractivity contribution in [3.8, 4) is 17.0 Å². The van der Waals surface area contributed by atoms with Gasteiger partial charge in [0.15, 0.2) is 0 Å². The van der Waals surface area contributed by atoms with Gasteiger partial charge in [0, 0.05) is 61.5 Å². The molecule has 230 valence electrons. The molecule has 1 N–H and O–H groups in total. The molecule has 0 radical (unpaired) electrons. The number of fused-ring (bicyclic) bond motifs is 1. The summed E-state index contributed by atoms with van der Waals surface area (Å²) in [4.78, 5) is 32.9. The zero-order valence-corrected chi connectivity index (χ0v) is 24.5. The Morgan fingerprint density at radius 1 is 1.00 bits per heavy atom. The summed E-state index contributed by atoms with van der Waals surface area (Å²) in [5.41, 5.74) is 1.84. The Bertz CT molecular complexity index is 2020. The fourth-order valence-corrected chi connectivity index (χ4v) is 6.03. The van der Waals surface area contributed by atoms with Crippen molar-refractivity contribution < 1.29 is 31.1 Å². The van der Waals surface area contributed by atoms with E-state index in [1.54, 1.807) is 11.0 Å². The standard InChI is InChI=1S/C30H25F2N7O5S/c1-43-30-25(37-45(41,42)26-5-3-21(31)16-23(26)32)15-20(17-34-30)19-2-4-24-22(14-19)29(36-18-35-24)39-11-9-38(10-12-39)28(40)7-6-27-33-8-13-44-27/h2-8,13-18,37H,9-12H2,1H3/b7-6+. The number of benzene rings is 2. The number of rotatable bonds is 8. The van der Waals surface area contributed by atoms with E-state index in [-0.39, 0.29) is 17.5 Å². The van der Waals surface area contributed by atoms with Gasteiger partial charge in [0.05, 0.1) is 18.8 Å². The monoisotopic (exact) mass is 633 g/mol. The molecule has 4 heterocycles. The molecule has 0 aliphatic carbocycles. The molecule has 3 aromatic heterocycles. The highest BCUT2D eigenvalue weighted by molar-refractivity contribution is 7.92. The van der Waals surface area contributed by atoms with Crippen LogP contribution in [0.3, 0.4) is 0 Å². The molecule has 5 aromatic rings. The Morgan fingerprint density at radius 2 is 1.82 bits per heavy atom. The van der Waals surface area contributed by atoms with Gasteiger partial charge in [-0.05, 0) is 35.9 Å². The van der Waals surface area contributed by atoms with E-state index >= 15 is 0 Å². The van der Waals surface area contributed by atoms with Crippen LogP contribution in [0.5, 0.6) is 5.88 Å². The average Bonchev–Trinajstić information content (AvgIpc) is 3.57. The van der Waals surface area contributed by atoms with E-state index < -0.39 is 26.6 Å². The molecule has 0 saturated carbocycles. The number of oxazole rings is 1. The molecular weight excluding hydrogens is 608 g/mol. The third kappa shape index (κ3) is 6.28. The zero-order chi connectivity index (χ0) is 31.6. The van der Waals surface area contributed by atoms with Crippen LogP contribution in [0, 0.1) is 11.6 Å². The number of sulfonamides is 1. The van der Waals surface area contributed by atoms with Crippen LogP contribution >= 0.6 is 0 Å². The van der Waals surface area contributed by atoms with Crippen LogP contribution in [0.2, 0.25) is 0 Å². The summed E-state index contributed by atoms with van der Waals surface area (Å²) in [6, 6.07) is 9.17. The number of carbonyl (C=O) groups excluding carboxylic acids is 1. The number of hydrogen-bond acceptors (Lipinski definition) is 10. The number of hydrogen-bond donors (Lipinski definition) is 1. The quantitative estimate of drug-likeness (QED) is 0.248. The van der Waals surface area contributed by atoms with Crippen LogP contribution < -0.4 is 14.4 Å². The van der Waals surface area contributed by atoms with Crippen LogP contribution in [0.15, 0.2) is 82.8 Å². The van der Waals surface area contributed by atoms with Crippen LogP contribution in [0.25, 0.3) is 28.1 Å². The normalized spacial score (nSPS) is 13.8. The van der Waals surface area contributed by atoms with Gasteiger partial charge in [0.1, 0.15) is 40.6 Å². The highest BCUT2D eigenvalue weighted by atomic mass is 32.2. The predicted octanol–water partition coefficient (Wildman–Crippen LogP) is 4.13. The first-order valence-electron chi connectivity index (χ1n) is 13.6. The zero-order valence-electron chi connectivity index (χ0n) is 23.7. The third-order valence-corrected chi connectivity index (χ3v) is 8.53. The van der Waals surface area contributed by atoms with Crippen molar-refractivity contribution in [3.05, 3.63) is 91.0 Å². The van der Waals surface area contributed by atoms with E-state index in [4.69, 9.17) is 9.15 Å². The highest BCUT2D eigenvalue weighted by Crippen LogP contribution is 2.33. The maximum absolute atomic E-state index is 14.3. The average molecular weight is 634 g/mol. The molecule has 0 spiro atoms. The van der Waals surface area contributed by atoms with Crippen LogP contribution in [-0.4, -0.2) is 72.4 Å². The second-order valence-electron chi connectivity index (χ2n) is 9.91. The van der Waals surface area contributed by atoms with Crippen LogP contribution in [0.1, 0.15) is 5.89 Å². The smallest absolute Gasteiger partial charge is 0.264 e. The van der Waals surface area contributed by atoms with Crippen LogP contribution in [0.4, 0.5) is 20.3 Å². The van der Waals surface area contributed by atoms with Crippen molar-refractivity contribution in [2.75, 3.05) is 42.9 Å². The van der Waals surface area contributed by atoms with E-state index in [1.807, 2.05) is 12.1 Å². The van der Waals surface area contributed by atoms with Gasteiger partial charge < -0.3 is 19.0 Å². The minimum absolute atomic E-state index is 0.0407. The van der Waals surface area contributed by atoms with Gasteiger partial charge in [-0.2, -0.15) is 0 Å². The van der Waals surface area contributed by atoms with E-state index in [9.17, 15) is 22.0 Å². The molecule has 45 heavy (non-hydrogen) atoms. The molecule has 1 aliphatic rings. The number of pyridine rings is 1. The molecule has 1 saturated heterocycles. The lowest BCUT2D eigenvalue weighted by Gasteiger charge is -2.35. The van der Waals surface area contributed by atoms with Gasteiger partial charge in [-0.3, -0.25) is 9.52 Å². The SMILES string of the molecule is COc1ncc(-c2ccc3ncnc(N4CCN(C(=O)/C=C/c5ncco5)CC4)c3c2)cc1NS(=O)(=O)c1ccc(F)cc1F. The largest absolute Gasteiger partial charge is 0.480 e. The van der Waals surface area contributed by atoms with Gasteiger partial charge in [-0.25, -0.2) is 37.1 Å². The first-order chi connectivity index (χ1) is 21.7. The number of nitrogens with zero attached hydrogens (tertiary/aromatic N) is 6. The molecule has 6 rings (SSSR count). The Morgan fingerprint density at radius 3 is 2.56 bits per heavy atom. The van der Waals surface area contributed by atoms with Crippen molar-refractivity contribution in [3.63, 3.8) is 0 Å². The number of piperazine rings is 1. The molecule has 1 fully saturated rings. The fourth-order valence-electron chi connectivity index (χ4n) is 4.92. The number of ether oxygens (including phenoxy) is 1. The number of anilines is 2. The second-order valence-corrected chi connectivity index (χ2v) is 11.6. The summed E-state index contributed by atoms with van der Waals surface area (Å²) < 4.78 is 66.3. The van der Waals surface area contributed by atoms with Crippen molar-refractivity contribution in [2.24, 2.45) is 0 Å². The fraction of sp³-hybridized carbons (Fsp3) is 0.167. The maximum atomic E-state index is 14.3. The number of methoxy groups -OCH3 is 1. The number of nitrogens with one attached hydrogen (secondary N) is 1. The molecule has 2 aromatic carbocycles. The van der Waals surface area contributed by atoms with Crippen molar-refractivity contribution in [2.45, 2.75) is 4.90 Å². The molecule has 1 aliphatic heterocycles. The van der Waals surface area contributed by atoms with Crippen LogP contribution in [-0.2, 0) is 14.8 Å². The molecule has 0 unspecified atom stereocenters. The summed E-state index contributed by atoms with van der Waals surface area (Å²) in [5.74, 6) is -1.30. The molecule has 15 heteroatoms. The van der Waals surface area contributed by atoms with E-state index in [0.29, 0.717) is 60.6 Å². The Labute approximate surface area is 256 Å². The molecule has 12 nitrogen and oxygen atoms in total. The van der Waals surface area contributed by atoms with Gasteiger partial charge >= 0.3 is 0 Å². The summed E-state index contributed by atoms with van der Waals surface area (Å²) in [6.45, 7) is 2.01. The summed E-state index contributed by atoms with van der Waals surface area (Å²) >= 11 is 0. The summed E-state index contributed by atoms with van der Waals surface area (Å²) in [7, 11) is -3.14. The first-order valence-corrected chi connectivity index (χ1v) is 15.1. The minimum atomic E-state index is -4.45. The lowest BCUT2D eigenvalue weighted by atomic mass is 10.0. The molecule has 0 atom stereocenters. The maximum Gasteiger partial charge on any atom is 0.264 e. The summed E-state index contributed by atoms with van der Waals surface area (Å²) in [5, 5.41) is 0.741. The minimum Gasteiger partial charge on any atom is -0.480 e. The van der Waals surface area contributed by atoms with Crippen molar-refractivity contribution in [1.29, 1.82) is 0 Å². The lowest BCUT2D eigenvalue weighted by molar-refractivity contribution is -0.126.